The monoisotopic (exact) mass is 325 g/mol. The van der Waals surface area contributed by atoms with E-state index in [1.165, 1.54) is 11.3 Å². The molecule has 0 aliphatic heterocycles. The van der Waals surface area contributed by atoms with Gasteiger partial charge in [0.2, 0.25) is 0 Å². The van der Waals surface area contributed by atoms with Crippen LogP contribution in [0.4, 0.5) is 9.93 Å². The first-order chi connectivity index (χ1) is 9.97. The number of hydrogen-bond acceptors (Lipinski definition) is 4. The Bertz CT molecular complexity index is 674. The molecule has 0 saturated heterocycles. The Balaban J connectivity index is 2.12. The van der Waals surface area contributed by atoms with Crippen LogP contribution < -0.4 is 10.6 Å². The fraction of sp³-hybridized carbons (Fsp3) is 0.154. The summed E-state index contributed by atoms with van der Waals surface area (Å²) < 4.78 is 0. The molecular weight excluding hydrogens is 314 g/mol. The molecule has 2 amide bonds. The third kappa shape index (κ3) is 3.93. The molecule has 0 fully saturated rings. The van der Waals surface area contributed by atoms with Crippen LogP contribution in [0.2, 0.25) is 5.02 Å². The second kappa shape index (κ2) is 6.55. The molecule has 0 radical (unpaired) electrons. The highest BCUT2D eigenvalue weighted by Gasteiger charge is 2.24. The van der Waals surface area contributed by atoms with Crippen LogP contribution in [0.1, 0.15) is 17.3 Å². The van der Waals surface area contributed by atoms with Gasteiger partial charge in [-0.15, -0.1) is 11.3 Å². The van der Waals surface area contributed by atoms with Crippen LogP contribution in [0.3, 0.4) is 0 Å². The fourth-order valence-corrected chi connectivity index (χ4v) is 2.59. The van der Waals surface area contributed by atoms with Gasteiger partial charge in [0.15, 0.2) is 11.2 Å². The van der Waals surface area contributed by atoms with Gasteiger partial charge < -0.3 is 10.4 Å². The number of aryl methyl sites for hydroxylation is 1. The number of aromatic nitrogens is 1. The predicted octanol–water partition coefficient (Wildman–Crippen LogP) is 3.05. The number of nitrogens with zero attached hydrogens (tertiary/aromatic N) is 1. The SMILES string of the molecule is Cc1csc(NC(=O)N[C@@H](C(=O)O)c2ccccc2Cl)n1. The molecule has 0 aliphatic rings. The fourth-order valence-electron chi connectivity index (χ4n) is 1.66. The summed E-state index contributed by atoms with van der Waals surface area (Å²) in [6.45, 7) is 1.80. The van der Waals surface area contributed by atoms with Crippen LogP contribution in [-0.2, 0) is 4.79 Å². The summed E-state index contributed by atoms with van der Waals surface area (Å²) in [7, 11) is 0. The highest BCUT2D eigenvalue weighted by Crippen LogP contribution is 2.23. The molecule has 0 bridgehead atoms. The van der Waals surface area contributed by atoms with Gasteiger partial charge in [0.1, 0.15) is 0 Å². The largest absolute Gasteiger partial charge is 0.479 e. The first-order valence-corrected chi connectivity index (χ1v) is 7.20. The average Bonchev–Trinajstić information content (AvgIpc) is 2.82. The molecule has 3 N–H and O–H groups in total. The second-order valence-corrected chi connectivity index (χ2v) is 5.45. The van der Waals surface area contributed by atoms with Gasteiger partial charge in [0, 0.05) is 16.0 Å². The Kier molecular flexibility index (Phi) is 4.77. The Morgan fingerprint density at radius 3 is 2.67 bits per heavy atom. The minimum Gasteiger partial charge on any atom is -0.479 e. The van der Waals surface area contributed by atoms with Crippen molar-refractivity contribution in [3.63, 3.8) is 0 Å². The number of benzene rings is 1. The average molecular weight is 326 g/mol. The van der Waals surface area contributed by atoms with Crippen molar-refractivity contribution >= 4 is 40.1 Å². The van der Waals surface area contributed by atoms with E-state index < -0.39 is 18.0 Å². The Morgan fingerprint density at radius 1 is 1.38 bits per heavy atom. The number of carboxylic acids is 1. The quantitative estimate of drug-likeness (QED) is 0.805. The van der Waals surface area contributed by atoms with E-state index in [1.807, 2.05) is 0 Å². The smallest absolute Gasteiger partial charge is 0.331 e. The van der Waals surface area contributed by atoms with Gasteiger partial charge in [-0.05, 0) is 13.0 Å². The molecule has 2 rings (SSSR count). The summed E-state index contributed by atoms with van der Waals surface area (Å²) in [5.41, 5.74) is 1.09. The number of thiazole rings is 1. The zero-order chi connectivity index (χ0) is 15.4. The maximum absolute atomic E-state index is 11.9. The van der Waals surface area contributed by atoms with Crippen LogP contribution in [-0.4, -0.2) is 22.1 Å². The van der Waals surface area contributed by atoms with Crippen LogP contribution in [0.25, 0.3) is 0 Å². The molecule has 1 heterocycles. The predicted molar refractivity (Wildman–Crippen MR) is 80.8 cm³/mol. The van der Waals surface area contributed by atoms with E-state index in [9.17, 15) is 14.7 Å². The van der Waals surface area contributed by atoms with Gasteiger partial charge >= 0.3 is 12.0 Å². The molecule has 8 heteroatoms. The number of nitrogens with one attached hydrogen (secondary N) is 2. The molecule has 0 spiro atoms. The summed E-state index contributed by atoms with van der Waals surface area (Å²) in [6.07, 6.45) is 0. The number of hydrogen-bond donors (Lipinski definition) is 3. The van der Waals surface area contributed by atoms with Crippen molar-refractivity contribution in [2.45, 2.75) is 13.0 Å². The number of carboxylic acid groups (broad SMARTS) is 1. The van der Waals surface area contributed by atoms with Crippen molar-refractivity contribution < 1.29 is 14.7 Å². The molecule has 21 heavy (non-hydrogen) atoms. The maximum atomic E-state index is 11.9. The normalized spacial score (nSPS) is 11.7. The first-order valence-electron chi connectivity index (χ1n) is 5.94. The Morgan fingerprint density at radius 2 is 2.10 bits per heavy atom. The zero-order valence-electron chi connectivity index (χ0n) is 11.0. The summed E-state index contributed by atoms with van der Waals surface area (Å²) in [4.78, 5) is 27.3. The van der Waals surface area contributed by atoms with Crippen LogP contribution in [0.5, 0.6) is 0 Å². The number of amides is 2. The molecule has 6 nitrogen and oxygen atoms in total. The molecule has 2 aromatic rings. The van der Waals surface area contributed by atoms with Crippen LogP contribution in [0, 0.1) is 6.92 Å². The molecule has 0 unspecified atom stereocenters. The van der Waals surface area contributed by atoms with Gasteiger partial charge in [0.25, 0.3) is 0 Å². The van der Waals surface area contributed by atoms with E-state index in [4.69, 9.17) is 11.6 Å². The number of aliphatic carboxylic acids is 1. The van der Waals surface area contributed by atoms with E-state index in [1.54, 1.807) is 36.6 Å². The third-order valence-corrected chi connectivity index (χ3v) is 3.80. The first kappa shape index (κ1) is 15.3. The minimum absolute atomic E-state index is 0.273. The summed E-state index contributed by atoms with van der Waals surface area (Å²) >= 11 is 7.22. The lowest BCUT2D eigenvalue weighted by Crippen LogP contribution is -2.36. The van der Waals surface area contributed by atoms with Gasteiger partial charge in [-0.3, -0.25) is 5.32 Å². The number of halogens is 1. The van der Waals surface area contributed by atoms with E-state index in [0.717, 1.165) is 5.69 Å². The summed E-state index contributed by atoms with van der Waals surface area (Å²) in [5.74, 6) is -1.20. The molecule has 0 saturated carbocycles. The van der Waals surface area contributed by atoms with Gasteiger partial charge in [-0.25, -0.2) is 14.6 Å². The van der Waals surface area contributed by atoms with Gasteiger partial charge in [0.05, 0.1) is 5.69 Å². The Hall–Kier alpha value is -2.12. The number of urea groups is 1. The molecule has 1 aromatic heterocycles. The number of carbonyl (C=O) groups is 2. The highest BCUT2D eigenvalue weighted by atomic mass is 35.5. The minimum atomic E-state index is -1.24. The number of anilines is 1. The molecule has 1 aromatic carbocycles. The van der Waals surface area contributed by atoms with E-state index in [0.29, 0.717) is 10.7 Å². The lowest BCUT2D eigenvalue weighted by Gasteiger charge is -2.16. The van der Waals surface area contributed by atoms with E-state index in [-0.39, 0.29) is 5.02 Å². The van der Waals surface area contributed by atoms with Crippen molar-refractivity contribution in [1.29, 1.82) is 0 Å². The summed E-state index contributed by atoms with van der Waals surface area (Å²) in [5, 5.41) is 16.6. The van der Waals surface area contributed by atoms with Crippen molar-refractivity contribution in [1.82, 2.24) is 10.3 Å². The highest BCUT2D eigenvalue weighted by molar-refractivity contribution is 7.13. The molecular formula is C13H12ClN3O3S. The lowest BCUT2D eigenvalue weighted by atomic mass is 10.1. The third-order valence-electron chi connectivity index (χ3n) is 2.58. The zero-order valence-corrected chi connectivity index (χ0v) is 12.5. The van der Waals surface area contributed by atoms with Crippen molar-refractivity contribution in [3.8, 4) is 0 Å². The Labute approximate surface area is 129 Å². The second-order valence-electron chi connectivity index (χ2n) is 4.19. The number of carbonyl (C=O) groups excluding carboxylic acids is 1. The van der Waals surface area contributed by atoms with Crippen molar-refractivity contribution in [2.75, 3.05) is 5.32 Å². The standard InChI is InChI=1S/C13H12ClN3O3S/c1-7-6-21-13(15-7)17-12(20)16-10(11(18)19)8-4-2-3-5-9(8)14/h2-6,10H,1H3,(H,18,19)(H2,15,16,17,20)/t10-/m1/s1. The van der Waals surface area contributed by atoms with Crippen LogP contribution in [0.15, 0.2) is 29.6 Å². The van der Waals surface area contributed by atoms with E-state index in [2.05, 4.69) is 15.6 Å². The maximum Gasteiger partial charge on any atom is 0.331 e. The van der Waals surface area contributed by atoms with E-state index >= 15 is 0 Å². The lowest BCUT2D eigenvalue weighted by molar-refractivity contribution is -0.139. The van der Waals surface area contributed by atoms with Crippen molar-refractivity contribution in [3.05, 3.63) is 45.9 Å². The molecule has 110 valence electrons. The number of rotatable bonds is 4. The topological polar surface area (TPSA) is 91.3 Å². The molecule has 1 atom stereocenters. The van der Waals surface area contributed by atoms with Crippen molar-refractivity contribution in [2.24, 2.45) is 0 Å². The van der Waals surface area contributed by atoms with Gasteiger partial charge in [-0.2, -0.15) is 0 Å². The van der Waals surface area contributed by atoms with Gasteiger partial charge in [-0.1, -0.05) is 29.8 Å². The molecule has 0 aliphatic carbocycles. The summed E-state index contributed by atoms with van der Waals surface area (Å²) in [6, 6.07) is 4.56. The van der Waals surface area contributed by atoms with Crippen LogP contribution >= 0.6 is 22.9 Å².